The number of ketones is 1. The maximum absolute atomic E-state index is 14.2. The van der Waals surface area contributed by atoms with Crippen molar-refractivity contribution in [2.75, 3.05) is 0 Å². The van der Waals surface area contributed by atoms with Crippen molar-refractivity contribution in [3.8, 4) is 5.69 Å². The predicted octanol–water partition coefficient (Wildman–Crippen LogP) is 4.75. The molecule has 3 aromatic heterocycles. The first kappa shape index (κ1) is 26.2. The lowest BCUT2D eigenvalue weighted by atomic mass is 9.58. The highest BCUT2D eigenvalue weighted by Crippen LogP contribution is 2.53. The van der Waals surface area contributed by atoms with Gasteiger partial charge in [-0.15, -0.1) is 0 Å². The van der Waals surface area contributed by atoms with E-state index in [1.54, 1.807) is 37.0 Å². The van der Waals surface area contributed by atoms with Crippen LogP contribution in [0.15, 0.2) is 71.7 Å². The molecule has 2 aliphatic rings. The zero-order valence-corrected chi connectivity index (χ0v) is 22.8. The van der Waals surface area contributed by atoms with Crippen molar-refractivity contribution in [1.82, 2.24) is 24.5 Å². The van der Waals surface area contributed by atoms with Crippen molar-refractivity contribution in [2.24, 2.45) is 18.4 Å². The Morgan fingerprint density at radius 1 is 1.10 bits per heavy atom. The number of Topliss-reactive ketones (excluding diaryl/α,β-unsaturated/α-hetero) is 1. The van der Waals surface area contributed by atoms with E-state index in [2.05, 4.69) is 15.2 Å². The van der Waals surface area contributed by atoms with Crippen molar-refractivity contribution in [2.45, 2.75) is 42.8 Å². The molecule has 6 rings (SSSR count). The van der Waals surface area contributed by atoms with Crippen molar-refractivity contribution in [3.05, 3.63) is 95.3 Å². The molecule has 0 saturated heterocycles. The van der Waals surface area contributed by atoms with Crippen LogP contribution in [0.2, 0.25) is 0 Å². The Labute approximate surface area is 230 Å². The normalized spacial score (nSPS) is 21.3. The number of pyridine rings is 1. The monoisotopic (exact) mass is 563 g/mol. The largest absolute Gasteiger partial charge is 0.291 e. The minimum atomic E-state index is -3.71. The van der Waals surface area contributed by atoms with E-state index in [4.69, 9.17) is 0 Å². The fourth-order valence-electron chi connectivity index (χ4n) is 6.12. The maximum Gasteiger partial charge on any atom is 0.191 e. The minimum absolute atomic E-state index is 0.00342. The molecule has 0 aliphatic heterocycles. The Hall–Kier alpha value is -3.99. The van der Waals surface area contributed by atoms with Gasteiger partial charge in [-0.1, -0.05) is 5.57 Å². The summed E-state index contributed by atoms with van der Waals surface area (Å²) in [7, 11) is -2.05. The van der Waals surface area contributed by atoms with Crippen LogP contribution >= 0.6 is 0 Å². The smallest absolute Gasteiger partial charge is 0.191 e. The molecule has 0 spiro atoms. The minimum Gasteiger partial charge on any atom is -0.291 e. The molecular formula is C29H27F2N5O3S. The number of benzene rings is 1. The Balaban J connectivity index is 1.43. The Morgan fingerprint density at radius 2 is 1.88 bits per heavy atom. The standard InChI is InChI=1S/C29H27F2N5O3S/c1-18(40(38,39)25-16-33-35(2)17-25)19-3-4-21-11-27-20(15-34-36(27)24-7-5-22(30)6-8-24)14-29(21,13-19)28(37)26-12-23(31)9-10-32-26/h5-12,15-19H,3-4,13-14H2,1-2H3/t18-,19+,29-/m1/s1. The number of rotatable bonds is 6. The first-order valence-corrected chi connectivity index (χ1v) is 14.6. The first-order valence-electron chi connectivity index (χ1n) is 13.0. The van der Waals surface area contributed by atoms with Crippen LogP contribution in [0.4, 0.5) is 8.78 Å². The molecule has 1 aromatic carbocycles. The summed E-state index contributed by atoms with van der Waals surface area (Å²) in [5.74, 6) is -1.60. The summed E-state index contributed by atoms with van der Waals surface area (Å²) >= 11 is 0. The third kappa shape index (κ3) is 4.28. The number of aryl methyl sites for hydroxylation is 1. The molecule has 1 fully saturated rings. The molecule has 0 amide bonds. The molecule has 8 nitrogen and oxygen atoms in total. The second-order valence-corrected chi connectivity index (χ2v) is 13.0. The van der Waals surface area contributed by atoms with Gasteiger partial charge in [-0.2, -0.15) is 10.2 Å². The van der Waals surface area contributed by atoms with E-state index in [0.717, 1.165) is 22.9 Å². The first-order chi connectivity index (χ1) is 19.1. The molecule has 206 valence electrons. The predicted molar refractivity (Wildman–Crippen MR) is 143 cm³/mol. The molecular weight excluding hydrogens is 536 g/mol. The summed E-state index contributed by atoms with van der Waals surface area (Å²) in [5, 5.41) is 7.78. The van der Waals surface area contributed by atoms with Gasteiger partial charge >= 0.3 is 0 Å². The SMILES string of the molecule is C[C@H]([C@H]1CCC2=Cc3c(cnn3-c3ccc(F)cc3)C[C@]2(C(=O)c2cc(F)ccn2)C1)S(=O)(=O)c1cnn(C)c1. The van der Waals surface area contributed by atoms with Crippen LogP contribution in [-0.2, 0) is 23.3 Å². The molecule has 3 heterocycles. The average Bonchev–Trinajstić information content (AvgIpc) is 3.57. The third-order valence-electron chi connectivity index (χ3n) is 8.32. The van der Waals surface area contributed by atoms with Gasteiger partial charge in [0.15, 0.2) is 15.6 Å². The van der Waals surface area contributed by atoms with Gasteiger partial charge in [-0.05, 0) is 80.5 Å². The van der Waals surface area contributed by atoms with Gasteiger partial charge in [0.2, 0.25) is 0 Å². The molecule has 0 radical (unpaired) electrons. The van der Waals surface area contributed by atoms with Crippen LogP contribution in [0.25, 0.3) is 11.8 Å². The molecule has 40 heavy (non-hydrogen) atoms. The van der Waals surface area contributed by atoms with Gasteiger partial charge in [0.25, 0.3) is 0 Å². The molecule has 0 bridgehead atoms. The lowest BCUT2D eigenvalue weighted by Gasteiger charge is -2.45. The van der Waals surface area contributed by atoms with E-state index in [9.17, 15) is 22.0 Å². The van der Waals surface area contributed by atoms with Crippen molar-refractivity contribution < 1.29 is 22.0 Å². The fourth-order valence-corrected chi connectivity index (χ4v) is 7.79. The highest BCUT2D eigenvalue weighted by atomic mass is 32.2. The molecule has 0 N–H and O–H groups in total. The van der Waals surface area contributed by atoms with Crippen LogP contribution in [0, 0.1) is 23.0 Å². The van der Waals surface area contributed by atoms with Gasteiger partial charge in [-0.25, -0.2) is 21.9 Å². The number of aromatic nitrogens is 5. The van der Waals surface area contributed by atoms with Crippen LogP contribution in [0.5, 0.6) is 0 Å². The highest BCUT2D eigenvalue weighted by Gasteiger charge is 2.51. The lowest BCUT2D eigenvalue weighted by molar-refractivity contribution is 0.0753. The number of sulfone groups is 1. The zero-order chi connectivity index (χ0) is 28.2. The molecule has 1 saturated carbocycles. The van der Waals surface area contributed by atoms with Gasteiger partial charge in [-0.3, -0.25) is 14.5 Å². The highest BCUT2D eigenvalue weighted by molar-refractivity contribution is 7.92. The van der Waals surface area contributed by atoms with Crippen LogP contribution in [-0.4, -0.2) is 44.0 Å². The number of hydrogen-bond donors (Lipinski definition) is 0. The summed E-state index contributed by atoms with van der Waals surface area (Å²) in [6.07, 6.45) is 9.26. The summed E-state index contributed by atoms with van der Waals surface area (Å²) < 4.78 is 57.9. The van der Waals surface area contributed by atoms with Gasteiger partial charge < -0.3 is 0 Å². The van der Waals surface area contributed by atoms with Crippen LogP contribution in [0.3, 0.4) is 0 Å². The van der Waals surface area contributed by atoms with E-state index in [1.807, 2.05) is 6.08 Å². The summed E-state index contributed by atoms with van der Waals surface area (Å²) in [6.45, 7) is 1.68. The maximum atomic E-state index is 14.2. The van der Waals surface area contributed by atoms with Gasteiger partial charge in [0.1, 0.15) is 22.2 Å². The van der Waals surface area contributed by atoms with Gasteiger partial charge in [0, 0.05) is 25.5 Å². The van der Waals surface area contributed by atoms with Crippen LogP contribution < -0.4 is 0 Å². The molecule has 11 heteroatoms. The fraction of sp³-hybridized carbons (Fsp3) is 0.310. The van der Waals surface area contributed by atoms with Crippen LogP contribution in [0.1, 0.15) is 47.9 Å². The Morgan fingerprint density at radius 3 is 2.58 bits per heavy atom. The quantitative estimate of drug-likeness (QED) is 0.314. The molecule has 4 aromatic rings. The van der Waals surface area contributed by atoms with E-state index in [-0.39, 0.29) is 40.9 Å². The summed E-state index contributed by atoms with van der Waals surface area (Å²) in [4.78, 5) is 18.5. The number of allylic oxidation sites excluding steroid dienone is 1. The summed E-state index contributed by atoms with van der Waals surface area (Å²) in [5.41, 5.74) is 1.99. The van der Waals surface area contributed by atoms with Crippen molar-refractivity contribution >= 4 is 21.7 Å². The lowest BCUT2D eigenvalue weighted by Crippen LogP contribution is -2.45. The topological polar surface area (TPSA) is 99.7 Å². The van der Waals surface area contributed by atoms with E-state index >= 15 is 0 Å². The van der Waals surface area contributed by atoms with E-state index in [0.29, 0.717) is 18.5 Å². The van der Waals surface area contributed by atoms with E-state index in [1.165, 1.54) is 41.5 Å². The number of carbonyl (C=O) groups is 1. The van der Waals surface area contributed by atoms with Crippen molar-refractivity contribution in [3.63, 3.8) is 0 Å². The molecule has 3 atom stereocenters. The second-order valence-electron chi connectivity index (χ2n) is 10.7. The number of halogens is 2. The third-order valence-corrected chi connectivity index (χ3v) is 10.6. The number of nitrogens with zero attached hydrogens (tertiary/aromatic N) is 5. The number of hydrogen-bond acceptors (Lipinski definition) is 6. The molecule has 0 unspecified atom stereocenters. The number of fused-ring (bicyclic) bond motifs is 2. The second kappa shape index (κ2) is 9.58. The van der Waals surface area contributed by atoms with E-state index < -0.39 is 26.3 Å². The van der Waals surface area contributed by atoms with Gasteiger partial charge in [0.05, 0.1) is 34.4 Å². The Bertz CT molecular complexity index is 1760. The molecule has 2 aliphatic carbocycles. The zero-order valence-electron chi connectivity index (χ0n) is 22.0. The number of carbonyl (C=O) groups excluding carboxylic acids is 1. The van der Waals surface area contributed by atoms with Crippen molar-refractivity contribution in [1.29, 1.82) is 0 Å². The summed E-state index contributed by atoms with van der Waals surface area (Å²) in [6, 6.07) is 8.30. The average molecular weight is 564 g/mol. The Kier molecular flexibility index (Phi) is 6.29.